The second-order valence-corrected chi connectivity index (χ2v) is 12.2. The fraction of sp³-hybridized carbons (Fsp3) is 0.290. The number of aromatic nitrogens is 4. The molecule has 0 aliphatic heterocycles. The van der Waals surface area contributed by atoms with Gasteiger partial charge in [0.2, 0.25) is 11.9 Å². The van der Waals surface area contributed by atoms with Crippen LogP contribution in [-0.4, -0.2) is 76.8 Å². The molecule has 54 heavy (non-hydrogen) atoms. The minimum absolute atomic E-state index is 0.0272. The number of benzene rings is 2. The number of alkyl halides is 6. The molecule has 4 aromatic rings. The lowest BCUT2D eigenvalue weighted by molar-refractivity contribution is -0.275. The summed E-state index contributed by atoms with van der Waals surface area (Å²) in [6, 6.07) is 8.48. The number of nitrogens with zero attached hydrogens (tertiary/aromatic N) is 5. The van der Waals surface area contributed by atoms with Gasteiger partial charge in [-0.05, 0) is 83.4 Å². The van der Waals surface area contributed by atoms with E-state index in [2.05, 4.69) is 60.9 Å². The van der Waals surface area contributed by atoms with E-state index in [0.717, 1.165) is 37.2 Å². The van der Waals surface area contributed by atoms with Crippen molar-refractivity contribution < 1.29 is 45.4 Å². The summed E-state index contributed by atoms with van der Waals surface area (Å²) in [4.78, 5) is 42.2. The first-order valence-electron chi connectivity index (χ1n) is 15.2. The first kappa shape index (κ1) is 43.4. The Bertz CT molecular complexity index is 1900. The van der Waals surface area contributed by atoms with Gasteiger partial charge in [0.1, 0.15) is 22.5 Å². The van der Waals surface area contributed by atoms with Crippen molar-refractivity contribution in [2.24, 2.45) is 0 Å². The average Bonchev–Trinajstić information content (AvgIpc) is 3.00. The van der Waals surface area contributed by atoms with E-state index in [1.54, 1.807) is 19.9 Å². The second kappa shape index (κ2) is 19.3. The zero-order valence-electron chi connectivity index (χ0n) is 28.5. The highest BCUT2D eigenvalue weighted by Gasteiger charge is 2.33. The Kier molecular flexibility index (Phi) is 15.5. The number of nitrogens with one attached hydrogen (secondary N) is 5. The van der Waals surface area contributed by atoms with Gasteiger partial charge in [0.05, 0.1) is 10.0 Å². The molecule has 5 N–H and O–H groups in total. The lowest BCUT2D eigenvalue weighted by atomic mass is 10.3. The summed E-state index contributed by atoms with van der Waals surface area (Å²) in [5.74, 6) is -0.536. The van der Waals surface area contributed by atoms with Gasteiger partial charge in [-0.1, -0.05) is 34.8 Å². The van der Waals surface area contributed by atoms with Crippen molar-refractivity contribution in [2.45, 2.75) is 33.0 Å². The maximum absolute atomic E-state index is 12.3. The number of hydrogen-bond acceptors (Lipinski definition) is 10. The molecule has 23 heteroatoms. The minimum Gasteiger partial charge on any atom is -0.404 e. The predicted octanol–water partition coefficient (Wildman–Crippen LogP) is 8.98. The van der Waals surface area contributed by atoms with Crippen molar-refractivity contribution in [2.75, 3.05) is 53.8 Å². The van der Waals surface area contributed by atoms with Crippen LogP contribution in [0.2, 0.25) is 15.2 Å². The maximum Gasteiger partial charge on any atom is 0.573 e. The van der Waals surface area contributed by atoms with Gasteiger partial charge < -0.3 is 30.3 Å². The summed E-state index contributed by atoms with van der Waals surface area (Å²) in [7, 11) is 3.97. The Labute approximate surface area is 318 Å². The molecule has 0 radical (unpaired) electrons. The van der Waals surface area contributed by atoms with Crippen LogP contribution in [0.4, 0.5) is 65.0 Å². The molecule has 4 rings (SSSR count). The molecule has 2 heterocycles. The molecule has 2 aromatic heterocycles. The fourth-order valence-electron chi connectivity index (χ4n) is 4.01. The monoisotopic (exact) mass is 826 g/mol. The zero-order chi connectivity index (χ0) is 40.2. The van der Waals surface area contributed by atoms with E-state index in [9.17, 15) is 35.9 Å². The van der Waals surface area contributed by atoms with Crippen molar-refractivity contribution in [3.8, 4) is 11.5 Å². The third-order valence-corrected chi connectivity index (χ3v) is 6.83. The standard InChI is InChI=1S/C18H22ClF3N6O2.C13H9Cl2F3N4O2/c1-11-9-15(23-7-4-8-28(2)3)26-16(24-11)27-17(29)25-12-5-6-14(13(19)10-12)30-18(20,21)22;1-6-4-10(15)21-11(19-6)22-12(23)20-7-2-3-9(8(14)5-7)24-13(16,17)18/h5-6,9-10H,4,7-8H2,1-3H3,(H3,23,24,25,26,27,29);2-5H,1H3,(H2,19,20,21,22,23). The first-order chi connectivity index (χ1) is 25.1. The predicted molar refractivity (Wildman–Crippen MR) is 192 cm³/mol. The molecule has 2 aromatic carbocycles. The quantitative estimate of drug-likeness (QED) is 0.0559. The Balaban J connectivity index is 0.000000297. The number of halogens is 9. The molecule has 0 spiro atoms. The van der Waals surface area contributed by atoms with Crippen molar-refractivity contribution in [3.63, 3.8) is 0 Å². The molecule has 0 fully saturated rings. The largest absolute Gasteiger partial charge is 0.573 e. The van der Waals surface area contributed by atoms with Crippen LogP contribution < -0.4 is 36.1 Å². The third kappa shape index (κ3) is 16.3. The van der Waals surface area contributed by atoms with E-state index in [0.29, 0.717) is 23.8 Å². The Morgan fingerprint density at radius 3 is 1.57 bits per heavy atom. The highest BCUT2D eigenvalue weighted by Crippen LogP contribution is 2.33. The molecule has 0 unspecified atom stereocenters. The second-order valence-electron chi connectivity index (χ2n) is 11.0. The summed E-state index contributed by atoms with van der Waals surface area (Å²) in [6.07, 6.45) is -8.82. The van der Waals surface area contributed by atoms with Crippen molar-refractivity contribution >= 4 is 76.0 Å². The van der Waals surface area contributed by atoms with E-state index in [-0.39, 0.29) is 38.5 Å². The number of carbonyl (C=O) groups is 2. The van der Waals surface area contributed by atoms with E-state index in [1.165, 1.54) is 18.2 Å². The van der Waals surface area contributed by atoms with Gasteiger partial charge in [-0.2, -0.15) is 4.98 Å². The first-order valence-corrected chi connectivity index (χ1v) is 16.3. The minimum atomic E-state index is -4.86. The van der Waals surface area contributed by atoms with Gasteiger partial charge in [-0.25, -0.2) is 24.5 Å². The van der Waals surface area contributed by atoms with Gasteiger partial charge in [-0.3, -0.25) is 10.6 Å². The van der Waals surface area contributed by atoms with Crippen LogP contribution in [0.1, 0.15) is 17.8 Å². The highest BCUT2D eigenvalue weighted by molar-refractivity contribution is 6.32. The van der Waals surface area contributed by atoms with Crippen LogP contribution in [0.3, 0.4) is 0 Å². The van der Waals surface area contributed by atoms with Gasteiger partial charge in [0.15, 0.2) is 0 Å². The molecule has 14 nitrogen and oxygen atoms in total. The van der Waals surface area contributed by atoms with Crippen LogP contribution in [0.25, 0.3) is 0 Å². The molecule has 292 valence electrons. The molecule has 0 aliphatic rings. The number of carbonyl (C=O) groups excluding carboxylic acids is 2. The highest BCUT2D eigenvalue weighted by atomic mass is 35.5. The summed E-state index contributed by atoms with van der Waals surface area (Å²) >= 11 is 17.2. The van der Waals surface area contributed by atoms with Gasteiger partial charge in [-0.15, -0.1) is 26.3 Å². The number of ether oxygens (including phenoxy) is 2. The Morgan fingerprint density at radius 2 is 1.15 bits per heavy atom. The SMILES string of the molecule is Cc1cc(Cl)nc(NC(=O)Nc2ccc(OC(F)(F)F)c(Cl)c2)n1.Cc1cc(NCCCN(C)C)nc(NC(=O)Nc2ccc(OC(F)(F)F)c(Cl)c2)n1. The van der Waals surface area contributed by atoms with Crippen LogP contribution in [0.15, 0.2) is 48.5 Å². The Morgan fingerprint density at radius 1 is 0.685 bits per heavy atom. The topological polar surface area (TPSA) is 168 Å². The number of anilines is 5. The molecular formula is C31H31Cl3F6N10O4. The van der Waals surface area contributed by atoms with Crippen LogP contribution in [0.5, 0.6) is 11.5 Å². The normalized spacial score (nSPS) is 11.2. The summed E-state index contributed by atoms with van der Waals surface area (Å²) in [5, 5.41) is 12.3. The molecule has 0 bridgehead atoms. The lowest BCUT2D eigenvalue weighted by Gasteiger charge is -2.13. The molecule has 4 amide bonds. The van der Waals surface area contributed by atoms with E-state index in [1.807, 2.05) is 14.1 Å². The zero-order valence-corrected chi connectivity index (χ0v) is 30.8. The van der Waals surface area contributed by atoms with Crippen LogP contribution in [-0.2, 0) is 0 Å². The molecule has 0 atom stereocenters. The van der Waals surface area contributed by atoms with E-state index < -0.39 is 36.3 Å². The van der Waals surface area contributed by atoms with E-state index in [4.69, 9.17) is 34.8 Å². The van der Waals surface area contributed by atoms with Gasteiger partial charge >= 0.3 is 24.8 Å². The van der Waals surface area contributed by atoms with Gasteiger partial charge in [0.25, 0.3) is 0 Å². The fourth-order valence-corrected chi connectivity index (χ4v) is 4.69. The number of amides is 4. The third-order valence-electron chi connectivity index (χ3n) is 6.05. The number of urea groups is 2. The van der Waals surface area contributed by atoms with Crippen molar-refractivity contribution in [1.29, 1.82) is 0 Å². The summed E-state index contributed by atoms with van der Waals surface area (Å²) in [5.41, 5.74) is 1.50. The molecular weight excluding hydrogens is 797 g/mol. The lowest BCUT2D eigenvalue weighted by Crippen LogP contribution is -2.22. The number of aryl methyl sites for hydroxylation is 2. The molecule has 0 saturated heterocycles. The van der Waals surface area contributed by atoms with Crippen LogP contribution >= 0.6 is 34.8 Å². The average molecular weight is 828 g/mol. The van der Waals surface area contributed by atoms with Gasteiger partial charge in [0, 0.05) is 35.4 Å². The smallest absolute Gasteiger partial charge is 0.404 e. The van der Waals surface area contributed by atoms with Crippen molar-refractivity contribution in [3.05, 3.63) is 75.1 Å². The van der Waals surface area contributed by atoms with Crippen molar-refractivity contribution in [1.82, 2.24) is 24.8 Å². The number of rotatable bonds is 11. The Hall–Kier alpha value is -5.05. The summed E-state index contributed by atoms with van der Waals surface area (Å²) in [6.45, 7) is 5.04. The van der Waals surface area contributed by atoms with Crippen LogP contribution in [0, 0.1) is 13.8 Å². The summed E-state index contributed by atoms with van der Waals surface area (Å²) < 4.78 is 80.8. The van der Waals surface area contributed by atoms with E-state index >= 15 is 0 Å². The molecule has 0 aliphatic carbocycles. The molecule has 0 saturated carbocycles. The number of hydrogen-bond donors (Lipinski definition) is 5. The maximum atomic E-state index is 12.3.